The van der Waals surface area contributed by atoms with Crippen molar-refractivity contribution in [1.82, 2.24) is 9.88 Å². The molecule has 0 bridgehead atoms. The summed E-state index contributed by atoms with van der Waals surface area (Å²) in [6.45, 7) is 1.33. The number of para-hydroxylation sites is 1. The van der Waals surface area contributed by atoms with Gasteiger partial charge in [0.2, 0.25) is 0 Å². The van der Waals surface area contributed by atoms with Gasteiger partial charge in [-0.25, -0.2) is 4.98 Å². The molecule has 0 saturated carbocycles. The molecule has 1 amide bonds. The van der Waals surface area contributed by atoms with Crippen LogP contribution in [0, 0.1) is 0 Å². The Kier molecular flexibility index (Phi) is 7.42. The van der Waals surface area contributed by atoms with Crippen LogP contribution in [-0.4, -0.2) is 50.1 Å². The first kappa shape index (κ1) is 21.1. The highest BCUT2D eigenvalue weighted by atomic mass is 79.9. The number of thiophene rings is 1. The Balaban J connectivity index is 0.00000243. The molecule has 2 heterocycles. The summed E-state index contributed by atoms with van der Waals surface area (Å²) >= 11 is 6.36. The predicted molar refractivity (Wildman–Crippen MR) is 116 cm³/mol. The van der Waals surface area contributed by atoms with Crippen molar-refractivity contribution < 1.29 is 9.53 Å². The van der Waals surface area contributed by atoms with Gasteiger partial charge in [-0.15, -0.1) is 23.7 Å². The van der Waals surface area contributed by atoms with E-state index in [1.54, 1.807) is 12.0 Å². The average Bonchev–Trinajstić information content (AvgIpc) is 3.20. The van der Waals surface area contributed by atoms with E-state index < -0.39 is 0 Å². The molecule has 0 saturated heterocycles. The average molecular weight is 477 g/mol. The second kappa shape index (κ2) is 9.14. The van der Waals surface area contributed by atoms with Crippen molar-refractivity contribution in [3.63, 3.8) is 0 Å². The van der Waals surface area contributed by atoms with E-state index in [0.29, 0.717) is 16.6 Å². The molecule has 0 aliphatic carbocycles. The number of likely N-dealkylation sites (N-methyl/N-ethyl adjacent to an activating group) is 1. The molecule has 0 unspecified atom stereocenters. The molecule has 0 N–H and O–H groups in total. The van der Waals surface area contributed by atoms with E-state index in [9.17, 15) is 4.79 Å². The minimum Gasteiger partial charge on any atom is -0.494 e. The molecule has 0 aliphatic heterocycles. The van der Waals surface area contributed by atoms with Crippen LogP contribution in [0.5, 0.6) is 5.75 Å². The summed E-state index contributed by atoms with van der Waals surface area (Å²) in [5.41, 5.74) is 0.792. The molecule has 0 aliphatic rings. The number of ether oxygens (including phenoxy) is 1. The van der Waals surface area contributed by atoms with Gasteiger partial charge in [0.05, 0.1) is 20.5 Å². The van der Waals surface area contributed by atoms with Gasteiger partial charge >= 0.3 is 0 Å². The Labute approximate surface area is 175 Å². The summed E-state index contributed by atoms with van der Waals surface area (Å²) in [7, 11) is 5.61. The minimum atomic E-state index is -0.0319. The Morgan fingerprint density at radius 1 is 1.19 bits per heavy atom. The van der Waals surface area contributed by atoms with Crippen molar-refractivity contribution in [3.8, 4) is 5.75 Å². The Bertz CT molecular complexity index is 897. The summed E-state index contributed by atoms with van der Waals surface area (Å²) in [5, 5.41) is 0.691. The van der Waals surface area contributed by atoms with Gasteiger partial charge < -0.3 is 9.64 Å². The van der Waals surface area contributed by atoms with Gasteiger partial charge in [-0.3, -0.25) is 9.69 Å². The van der Waals surface area contributed by atoms with E-state index in [0.717, 1.165) is 26.3 Å². The number of thiazole rings is 1. The fraction of sp³-hybridized carbons (Fsp3) is 0.294. The smallest absolute Gasteiger partial charge is 0.270 e. The summed E-state index contributed by atoms with van der Waals surface area (Å²) in [6.07, 6.45) is 0. The molecule has 3 rings (SSSR count). The van der Waals surface area contributed by atoms with Crippen LogP contribution in [0.2, 0.25) is 0 Å². The molecule has 5 nitrogen and oxygen atoms in total. The van der Waals surface area contributed by atoms with Crippen LogP contribution < -0.4 is 9.64 Å². The Morgan fingerprint density at radius 3 is 2.58 bits per heavy atom. The van der Waals surface area contributed by atoms with Crippen molar-refractivity contribution in [1.29, 1.82) is 0 Å². The molecule has 9 heteroatoms. The van der Waals surface area contributed by atoms with Crippen molar-refractivity contribution >= 4 is 72.3 Å². The lowest BCUT2D eigenvalue weighted by atomic mass is 10.3. The fourth-order valence-electron chi connectivity index (χ4n) is 2.34. The van der Waals surface area contributed by atoms with E-state index in [2.05, 4.69) is 25.8 Å². The van der Waals surface area contributed by atoms with Crippen molar-refractivity contribution in [2.24, 2.45) is 0 Å². The molecule has 26 heavy (non-hydrogen) atoms. The van der Waals surface area contributed by atoms with E-state index in [-0.39, 0.29) is 18.3 Å². The van der Waals surface area contributed by atoms with E-state index in [1.807, 2.05) is 44.4 Å². The lowest BCUT2D eigenvalue weighted by molar-refractivity contribution is 0.0989. The number of halogens is 2. The highest BCUT2D eigenvalue weighted by molar-refractivity contribution is 9.11. The van der Waals surface area contributed by atoms with Crippen LogP contribution in [-0.2, 0) is 0 Å². The van der Waals surface area contributed by atoms with Crippen molar-refractivity contribution in [2.75, 3.05) is 39.2 Å². The van der Waals surface area contributed by atoms with Gasteiger partial charge in [0.25, 0.3) is 5.91 Å². The summed E-state index contributed by atoms with van der Waals surface area (Å²) < 4.78 is 7.34. The lowest BCUT2D eigenvalue weighted by Crippen LogP contribution is -2.36. The first-order chi connectivity index (χ1) is 12.0. The summed E-state index contributed by atoms with van der Waals surface area (Å²) in [6, 6.07) is 9.55. The maximum atomic E-state index is 13.0. The molecule has 0 fully saturated rings. The zero-order chi connectivity index (χ0) is 18.0. The maximum absolute atomic E-state index is 13.0. The molecular formula is C17H19BrClN3O2S2. The predicted octanol–water partition coefficient (Wildman–Crippen LogP) is 4.76. The summed E-state index contributed by atoms with van der Waals surface area (Å²) in [4.78, 5) is 22.2. The highest BCUT2D eigenvalue weighted by Gasteiger charge is 2.23. The third-order valence-electron chi connectivity index (χ3n) is 3.62. The van der Waals surface area contributed by atoms with Gasteiger partial charge in [-0.05, 0) is 54.3 Å². The normalized spacial score (nSPS) is 10.8. The van der Waals surface area contributed by atoms with Crippen LogP contribution in [0.15, 0.2) is 34.1 Å². The SMILES string of the molecule is COc1cccc2sc(N(CCN(C)C)C(=O)c3ccc(Br)s3)nc12.Cl. The van der Waals surface area contributed by atoms with Crippen LogP contribution in [0.3, 0.4) is 0 Å². The van der Waals surface area contributed by atoms with Gasteiger partial charge in [-0.2, -0.15) is 0 Å². The van der Waals surface area contributed by atoms with E-state index in [1.165, 1.54) is 22.7 Å². The molecule has 0 spiro atoms. The summed E-state index contributed by atoms with van der Waals surface area (Å²) in [5.74, 6) is 0.689. The first-order valence-electron chi connectivity index (χ1n) is 7.65. The number of hydrogen-bond donors (Lipinski definition) is 0. The number of methoxy groups -OCH3 is 1. The molecular weight excluding hydrogens is 458 g/mol. The van der Waals surface area contributed by atoms with E-state index >= 15 is 0 Å². The van der Waals surface area contributed by atoms with Crippen LogP contribution in [0.4, 0.5) is 5.13 Å². The Morgan fingerprint density at radius 2 is 1.96 bits per heavy atom. The molecule has 140 valence electrons. The topological polar surface area (TPSA) is 45.7 Å². The van der Waals surface area contributed by atoms with E-state index in [4.69, 9.17) is 4.74 Å². The van der Waals surface area contributed by atoms with Crippen LogP contribution in [0.1, 0.15) is 9.67 Å². The number of rotatable bonds is 6. The monoisotopic (exact) mass is 475 g/mol. The van der Waals surface area contributed by atoms with Gasteiger partial charge in [0, 0.05) is 13.1 Å². The standard InChI is InChI=1S/C17H18BrN3O2S2.ClH/c1-20(2)9-10-21(16(22)13-7-8-14(18)24-13)17-19-15-11(23-3)5-4-6-12(15)25-17;/h4-8H,9-10H2,1-3H3;1H. The van der Waals surface area contributed by atoms with Crippen LogP contribution in [0.25, 0.3) is 10.2 Å². The molecule has 0 atom stereocenters. The maximum Gasteiger partial charge on any atom is 0.270 e. The first-order valence-corrected chi connectivity index (χ1v) is 10.1. The lowest BCUT2D eigenvalue weighted by Gasteiger charge is -2.21. The third kappa shape index (κ3) is 4.55. The minimum absolute atomic E-state index is 0. The quantitative estimate of drug-likeness (QED) is 0.514. The van der Waals surface area contributed by atoms with Crippen molar-refractivity contribution in [3.05, 3.63) is 39.0 Å². The number of anilines is 1. The molecule has 2 aromatic heterocycles. The zero-order valence-corrected chi connectivity index (χ0v) is 18.6. The number of nitrogens with zero attached hydrogens (tertiary/aromatic N) is 3. The van der Waals surface area contributed by atoms with Gasteiger partial charge in [-0.1, -0.05) is 17.4 Å². The van der Waals surface area contributed by atoms with Gasteiger partial charge in [0.1, 0.15) is 11.3 Å². The number of hydrogen-bond acceptors (Lipinski definition) is 6. The molecule has 0 radical (unpaired) electrons. The fourth-order valence-corrected chi connectivity index (χ4v) is 4.68. The number of fused-ring (bicyclic) bond motifs is 1. The largest absolute Gasteiger partial charge is 0.494 e. The van der Waals surface area contributed by atoms with Gasteiger partial charge in [0.15, 0.2) is 5.13 Å². The number of aromatic nitrogens is 1. The number of carbonyl (C=O) groups is 1. The third-order valence-corrected chi connectivity index (χ3v) is 6.28. The second-order valence-corrected chi connectivity index (χ2v) is 9.14. The zero-order valence-electron chi connectivity index (χ0n) is 14.6. The molecule has 3 aromatic rings. The van der Waals surface area contributed by atoms with Crippen molar-refractivity contribution in [2.45, 2.75) is 0 Å². The molecule has 1 aromatic carbocycles. The van der Waals surface area contributed by atoms with Crippen LogP contribution >= 0.6 is 51.0 Å². The number of amides is 1. The number of carbonyl (C=O) groups excluding carboxylic acids is 1. The number of benzene rings is 1. The highest BCUT2D eigenvalue weighted by Crippen LogP contribution is 2.35. The second-order valence-electron chi connectivity index (χ2n) is 5.67. The Hall–Kier alpha value is -1.19.